The van der Waals surface area contributed by atoms with E-state index in [9.17, 15) is 9.59 Å². The minimum Gasteiger partial charge on any atom is -0.371 e. The van der Waals surface area contributed by atoms with Crippen molar-refractivity contribution in [1.29, 1.82) is 0 Å². The lowest BCUT2D eigenvalue weighted by molar-refractivity contribution is -0.115. The van der Waals surface area contributed by atoms with Crippen molar-refractivity contribution in [3.05, 3.63) is 54.1 Å². The van der Waals surface area contributed by atoms with Gasteiger partial charge in [-0.05, 0) is 55.7 Å². The fourth-order valence-electron chi connectivity index (χ4n) is 3.16. The van der Waals surface area contributed by atoms with Gasteiger partial charge in [-0.15, -0.1) is 6.42 Å². The van der Waals surface area contributed by atoms with Crippen LogP contribution in [0.5, 0.6) is 0 Å². The highest BCUT2D eigenvalue weighted by Crippen LogP contribution is 2.22. The molecule has 3 N–H and O–H groups in total. The molecule has 0 aromatic heterocycles. The van der Waals surface area contributed by atoms with E-state index >= 15 is 0 Å². The molecule has 1 aliphatic rings. The van der Waals surface area contributed by atoms with Crippen molar-refractivity contribution < 1.29 is 9.59 Å². The van der Waals surface area contributed by atoms with Crippen molar-refractivity contribution in [2.75, 3.05) is 35.2 Å². The van der Waals surface area contributed by atoms with Crippen LogP contribution in [0.15, 0.2) is 48.5 Å². The summed E-state index contributed by atoms with van der Waals surface area (Å²) in [5.74, 6) is 2.18. The van der Waals surface area contributed by atoms with Crippen LogP contribution in [0.2, 0.25) is 0 Å². The Balaban J connectivity index is 1.48. The van der Waals surface area contributed by atoms with Crippen LogP contribution in [-0.4, -0.2) is 31.6 Å². The van der Waals surface area contributed by atoms with Gasteiger partial charge in [0.05, 0.1) is 6.54 Å². The topological polar surface area (TPSA) is 73.5 Å². The Morgan fingerprint density at radius 3 is 2.43 bits per heavy atom. The maximum Gasteiger partial charge on any atom is 0.319 e. The number of urea groups is 1. The molecule has 6 heteroatoms. The van der Waals surface area contributed by atoms with Crippen LogP contribution < -0.4 is 20.9 Å². The van der Waals surface area contributed by atoms with E-state index in [-0.39, 0.29) is 12.5 Å². The number of piperidine rings is 1. The van der Waals surface area contributed by atoms with Gasteiger partial charge in [-0.1, -0.05) is 18.1 Å². The fourth-order valence-corrected chi connectivity index (χ4v) is 3.16. The first kappa shape index (κ1) is 19.3. The van der Waals surface area contributed by atoms with E-state index in [1.54, 1.807) is 24.3 Å². The maximum atomic E-state index is 12.1. The number of terminal acetylenes is 1. The molecule has 1 fully saturated rings. The quantitative estimate of drug-likeness (QED) is 0.700. The molecule has 1 saturated heterocycles. The third kappa shape index (κ3) is 5.52. The summed E-state index contributed by atoms with van der Waals surface area (Å²) in [5.41, 5.74) is 3.07. The number of rotatable bonds is 5. The van der Waals surface area contributed by atoms with Gasteiger partial charge < -0.3 is 20.9 Å². The van der Waals surface area contributed by atoms with Crippen molar-refractivity contribution in [1.82, 2.24) is 5.32 Å². The second-order valence-corrected chi connectivity index (χ2v) is 6.68. The highest BCUT2D eigenvalue weighted by molar-refractivity contribution is 5.97. The molecule has 1 heterocycles. The van der Waals surface area contributed by atoms with E-state index in [0.717, 1.165) is 18.8 Å². The van der Waals surface area contributed by atoms with E-state index in [0.29, 0.717) is 16.9 Å². The monoisotopic (exact) mass is 376 g/mol. The van der Waals surface area contributed by atoms with Crippen molar-refractivity contribution >= 4 is 29.0 Å². The van der Waals surface area contributed by atoms with Gasteiger partial charge >= 0.3 is 6.03 Å². The van der Waals surface area contributed by atoms with Crippen LogP contribution in [0, 0.1) is 12.3 Å². The molecule has 0 bridgehead atoms. The van der Waals surface area contributed by atoms with Gasteiger partial charge in [-0.25, -0.2) is 4.79 Å². The predicted molar refractivity (Wildman–Crippen MR) is 113 cm³/mol. The lowest BCUT2D eigenvalue weighted by Crippen LogP contribution is -2.35. The summed E-state index contributed by atoms with van der Waals surface area (Å²) in [4.78, 5) is 26.5. The minimum absolute atomic E-state index is 0.141. The number of hydrogen-bond donors (Lipinski definition) is 3. The summed E-state index contributed by atoms with van der Waals surface area (Å²) in [7, 11) is 0. The Morgan fingerprint density at radius 1 is 0.964 bits per heavy atom. The largest absolute Gasteiger partial charge is 0.371 e. The number of carbonyl (C=O) groups excluding carboxylic acids is 2. The van der Waals surface area contributed by atoms with Crippen molar-refractivity contribution in [3.8, 4) is 12.3 Å². The highest BCUT2D eigenvalue weighted by atomic mass is 16.2. The minimum atomic E-state index is -0.427. The van der Waals surface area contributed by atoms with Gasteiger partial charge in [0, 0.05) is 35.7 Å². The number of carbonyl (C=O) groups is 2. The fraction of sp³-hybridized carbons (Fsp3) is 0.273. The molecule has 28 heavy (non-hydrogen) atoms. The van der Waals surface area contributed by atoms with E-state index < -0.39 is 6.03 Å². The number of anilines is 3. The molecule has 0 spiro atoms. The molecule has 2 aromatic carbocycles. The smallest absolute Gasteiger partial charge is 0.319 e. The summed E-state index contributed by atoms with van der Waals surface area (Å²) in [6.07, 6.45) is 9.00. The second-order valence-electron chi connectivity index (χ2n) is 6.68. The van der Waals surface area contributed by atoms with Crippen LogP contribution in [-0.2, 0) is 4.79 Å². The molecule has 0 saturated carbocycles. The Labute approximate surface area is 165 Å². The first-order chi connectivity index (χ1) is 13.6. The van der Waals surface area contributed by atoms with Crippen LogP contribution in [0.3, 0.4) is 0 Å². The summed E-state index contributed by atoms with van der Waals surface area (Å²) >= 11 is 0. The molecular weight excluding hydrogens is 352 g/mol. The van der Waals surface area contributed by atoms with Gasteiger partial charge in [0.1, 0.15) is 0 Å². The molecule has 144 valence electrons. The van der Waals surface area contributed by atoms with Crippen LogP contribution in [0.4, 0.5) is 21.9 Å². The SMILES string of the molecule is C#Cc1cccc(NC(=O)CNC(=O)Nc2cccc(N3CCCCC3)c2)c1. The highest BCUT2D eigenvalue weighted by Gasteiger charge is 2.12. The molecule has 3 amide bonds. The summed E-state index contributed by atoms with van der Waals surface area (Å²) in [6.45, 7) is 1.94. The lowest BCUT2D eigenvalue weighted by atomic mass is 10.1. The summed E-state index contributed by atoms with van der Waals surface area (Å²) in [6, 6.07) is 14.3. The molecule has 0 atom stereocenters. The third-order valence-corrected chi connectivity index (χ3v) is 4.55. The average molecular weight is 376 g/mol. The van der Waals surface area contributed by atoms with Crippen LogP contribution in [0.25, 0.3) is 0 Å². The van der Waals surface area contributed by atoms with Crippen molar-refractivity contribution in [3.63, 3.8) is 0 Å². The number of nitrogens with one attached hydrogen (secondary N) is 3. The predicted octanol–water partition coefficient (Wildman–Crippen LogP) is 3.42. The average Bonchev–Trinajstić information content (AvgIpc) is 2.73. The molecule has 6 nitrogen and oxygen atoms in total. The van der Waals surface area contributed by atoms with Crippen molar-refractivity contribution in [2.45, 2.75) is 19.3 Å². The van der Waals surface area contributed by atoms with E-state index in [1.807, 2.05) is 24.3 Å². The zero-order valence-corrected chi connectivity index (χ0v) is 15.7. The molecule has 0 aliphatic carbocycles. The number of nitrogens with zero attached hydrogens (tertiary/aromatic N) is 1. The zero-order valence-electron chi connectivity index (χ0n) is 15.7. The standard InChI is InChI=1S/C22H24N4O2/c1-2-17-8-6-9-18(14-17)24-21(27)16-23-22(28)25-19-10-7-11-20(15-19)26-12-4-3-5-13-26/h1,6-11,14-15H,3-5,12-13,16H2,(H,24,27)(H2,23,25,28). The molecular formula is C22H24N4O2. The Bertz CT molecular complexity index is 882. The molecule has 1 aliphatic heterocycles. The van der Waals surface area contributed by atoms with E-state index in [1.165, 1.54) is 19.3 Å². The van der Waals surface area contributed by atoms with Gasteiger partial charge in [-0.2, -0.15) is 0 Å². The van der Waals surface area contributed by atoms with Crippen LogP contribution >= 0.6 is 0 Å². The van der Waals surface area contributed by atoms with Crippen molar-refractivity contribution in [2.24, 2.45) is 0 Å². The normalized spacial score (nSPS) is 13.3. The van der Waals surface area contributed by atoms with E-state index in [4.69, 9.17) is 6.42 Å². The Hall–Kier alpha value is -3.46. The van der Waals surface area contributed by atoms with Gasteiger partial charge in [0.15, 0.2) is 0 Å². The summed E-state index contributed by atoms with van der Waals surface area (Å²) < 4.78 is 0. The second kappa shape index (κ2) is 9.47. The van der Waals surface area contributed by atoms with Gasteiger partial charge in [0.2, 0.25) is 5.91 Å². The number of benzene rings is 2. The summed E-state index contributed by atoms with van der Waals surface area (Å²) in [5, 5.41) is 8.04. The molecule has 0 unspecified atom stereocenters. The number of amides is 3. The Kier molecular flexibility index (Phi) is 6.53. The third-order valence-electron chi connectivity index (χ3n) is 4.55. The van der Waals surface area contributed by atoms with Gasteiger partial charge in [-0.3, -0.25) is 4.79 Å². The van der Waals surface area contributed by atoms with Crippen LogP contribution in [0.1, 0.15) is 24.8 Å². The first-order valence-electron chi connectivity index (χ1n) is 9.40. The van der Waals surface area contributed by atoms with E-state index in [2.05, 4.69) is 26.8 Å². The zero-order chi connectivity index (χ0) is 19.8. The molecule has 0 radical (unpaired) electrons. The van der Waals surface area contributed by atoms with Gasteiger partial charge in [0.25, 0.3) is 0 Å². The molecule has 3 rings (SSSR count). The lowest BCUT2D eigenvalue weighted by Gasteiger charge is -2.29. The maximum absolute atomic E-state index is 12.1. The Morgan fingerprint density at radius 2 is 1.68 bits per heavy atom. The first-order valence-corrected chi connectivity index (χ1v) is 9.40. The molecule has 2 aromatic rings. The number of hydrogen-bond acceptors (Lipinski definition) is 3.